The Morgan fingerprint density at radius 2 is 2.00 bits per heavy atom. The van der Waals surface area contributed by atoms with Gasteiger partial charge in [-0.3, -0.25) is 9.59 Å². The lowest BCUT2D eigenvalue weighted by atomic mass is 10.2. The number of ether oxygens (including phenoxy) is 1. The maximum atomic E-state index is 12.2. The van der Waals surface area contributed by atoms with Crippen LogP contribution in [0, 0.1) is 0 Å². The number of amides is 1. The number of aromatic nitrogens is 4. The number of carbonyl (C=O) groups is 2. The number of nitrogens with zero attached hydrogens (tertiary/aromatic N) is 3. The topological polar surface area (TPSA) is 166 Å². The SMILES string of the molecule is CCOC(=O)c1ccc(NC(=O)CSc2nnc(CCCSc3nc(N)cc(=O)[nH]3)o2)cc1. The molecule has 11 nitrogen and oxygen atoms in total. The van der Waals surface area contributed by atoms with Crippen molar-refractivity contribution < 1.29 is 18.7 Å². The van der Waals surface area contributed by atoms with Gasteiger partial charge in [-0.25, -0.2) is 9.78 Å². The summed E-state index contributed by atoms with van der Waals surface area (Å²) in [6, 6.07) is 7.66. The zero-order valence-electron chi connectivity index (χ0n) is 17.7. The molecule has 2 aromatic heterocycles. The predicted molar refractivity (Wildman–Crippen MR) is 124 cm³/mol. The molecular weight excluding hydrogens is 468 g/mol. The molecular formula is C20H22N6O5S2. The van der Waals surface area contributed by atoms with Crippen molar-refractivity contribution in [1.29, 1.82) is 0 Å². The smallest absolute Gasteiger partial charge is 0.338 e. The summed E-state index contributed by atoms with van der Waals surface area (Å²) in [6.45, 7) is 2.04. The minimum atomic E-state index is -0.409. The highest BCUT2D eigenvalue weighted by Gasteiger charge is 2.11. The van der Waals surface area contributed by atoms with Gasteiger partial charge in [-0.2, -0.15) is 0 Å². The Balaban J connectivity index is 1.38. The van der Waals surface area contributed by atoms with Crippen LogP contribution in [-0.2, 0) is 16.0 Å². The van der Waals surface area contributed by atoms with E-state index in [0.717, 1.165) is 18.2 Å². The van der Waals surface area contributed by atoms with Crippen LogP contribution in [0.2, 0.25) is 0 Å². The van der Waals surface area contributed by atoms with Crippen molar-refractivity contribution in [2.75, 3.05) is 29.2 Å². The van der Waals surface area contributed by atoms with E-state index in [1.807, 2.05) is 0 Å². The molecule has 0 spiro atoms. The number of H-pyrrole nitrogens is 1. The standard InChI is InChI=1S/C20H22N6O5S2/c1-2-30-18(29)12-5-7-13(8-6-12)22-16(28)11-33-20-26-25-17(31-20)4-3-9-32-19-23-14(21)10-15(27)24-19/h5-8,10H,2-4,9,11H2,1H3,(H,22,28)(H3,21,23,24,27). The third-order valence-corrected chi connectivity index (χ3v) is 5.75. The van der Waals surface area contributed by atoms with Gasteiger partial charge >= 0.3 is 5.97 Å². The summed E-state index contributed by atoms with van der Waals surface area (Å²) < 4.78 is 10.5. The van der Waals surface area contributed by atoms with Crippen LogP contribution in [0.1, 0.15) is 29.6 Å². The lowest BCUT2D eigenvalue weighted by molar-refractivity contribution is -0.113. The summed E-state index contributed by atoms with van der Waals surface area (Å²) in [5.74, 6) is 0.747. The molecule has 0 aliphatic heterocycles. The average Bonchev–Trinajstić information content (AvgIpc) is 3.23. The van der Waals surface area contributed by atoms with Crippen molar-refractivity contribution >= 4 is 46.9 Å². The van der Waals surface area contributed by atoms with Gasteiger partial charge in [0.05, 0.1) is 17.9 Å². The number of hydrogen-bond donors (Lipinski definition) is 3. The van der Waals surface area contributed by atoms with Crippen molar-refractivity contribution in [3.63, 3.8) is 0 Å². The molecule has 0 saturated heterocycles. The molecule has 0 bridgehead atoms. The number of nitrogen functional groups attached to an aromatic ring is 1. The summed E-state index contributed by atoms with van der Waals surface area (Å²) in [4.78, 5) is 41.8. The number of carbonyl (C=O) groups excluding carboxylic acids is 2. The van der Waals surface area contributed by atoms with E-state index in [1.54, 1.807) is 31.2 Å². The fourth-order valence-corrected chi connectivity index (χ4v) is 3.95. The number of anilines is 2. The maximum absolute atomic E-state index is 12.2. The van der Waals surface area contributed by atoms with Crippen LogP contribution in [0.5, 0.6) is 0 Å². The number of aryl methyl sites for hydroxylation is 1. The number of nitrogens with two attached hydrogens (primary N) is 1. The average molecular weight is 491 g/mol. The third-order valence-electron chi connectivity index (χ3n) is 3.97. The molecule has 1 amide bonds. The molecule has 0 aliphatic carbocycles. The molecule has 0 saturated carbocycles. The molecule has 0 fully saturated rings. The van der Waals surface area contributed by atoms with Gasteiger partial charge in [0.25, 0.3) is 10.8 Å². The van der Waals surface area contributed by atoms with E-state index in [1.165, 1.54) is 17.8 Å². The van der Waals surface area contributed by atoms with E-state index in [-0.39, 0.29) is 23.0 Å². The van der Waals surface area contributed by atoms with Gasteiger partial charge in [-0.05, 0) is 37.6 Å². The molecule has 0 radical (unpaired) electrons. The van der Waals surface area contributed by atoms with Gasteiger partial charge in [0.15, 0.2) is 5.16 Å². The maximum Gasteiger partial charge on any atom is 0.338 e. The normalized spacial score (nSPS) is 10.7. The molecule has 13 heteroatoms. The highest BCUT2D eigenvalue weighted by molar-refractivity contribution is 7.99. The van der Waals surface area contributed by atoms with Gasteiger partial charge in [0.2, 0.25) is 11.8 Å². The van der Waals surface area contributed by atoms with Crippen LogP contribution in [0.15, 0.2) is 49.9 Å². The van der Waals surface area contributed by atoms with Gasteiger partial charge in [-0.1, -0.05) is 23.5 Å². The first kappa shape index (κ1) is 24.3. The van der Waals surface area contributed by atoms with Gasteiger partial charge in [0, 0.05) is 23.9 Å². The predicted octanol–water partition coefficient (Wildman–Crippen LogP) is 2.37. The molecule has 33 heavy (non-hydrogen) atoms. The fraction of sp³-hybridized carbons (Fsp3) is 0.300. The number of thioether (sulfide) groups is 2. The summed E-state index contributed by atoms with van der Waals surface area (Å²) in [6.07, 6.45) is 1.27. The second-order valence-electron chi connectivity index (χ2n) is 6.52. The minimum absolute atomic E-state index is 0.0889. The van der Waals surface area contributed by atoms with Gasteiger partial charge in [-0.15, -0.1) is 10.2 Å². The first-order chi connectivity index (χ1) is 15.9. The monoisotopic (exact) mass is 490 g/mol. The highest BCUT2D eigenvalue weighted by Crippen LogP contribution is 2.19. The van der Waals surface area contributed by atoms with E-state index in [4.69, 9.17) is 14.9 Å². The third kappa shape index (κ3) is 7.95. The van der Waals surface area contributed by atoms with Crippen molar-refractivity contribution in [2.24, 2.45) is 0 Å². The zero-order valence-corrected chi connectivity index (χ0v) is 19.3. The second-order valence-corrected chi connectivity index (χ2v) is 8.53. The number of nitrogens with one attached hydrogen (secondary N) is 2. The molecule has 0 unspecified atom stereocenters. The van der Waals surface area contributed by atoms with E-state index in [2.05, 4.69) is 25.5 Å². The number of benzene rings is 1. The number of rotatable bonds is 11. The van der Waals surface area contributed by atoms with Crippen molar-refractivity contribution in [3.8, 4) is 0 Å². The van der Waals surface area contributed by atoms with Crippen LogP contribution in [0.3, 0.4) is 0 Å². The molecule has 3 rings (SSSR count). The summed E-state index contributed by atoms with van der Waals surface area (Å²) in [5.41, 5.74) is 6.24. The minimum Gasteiger partial charge on any atom is -0.462 e. The lowest BCUT2D eigenvalue weighted by Gasteiger charge is -2.05. The van der Waals surface area contributed by atoms with Crippen LogP contribution in [-0.4, -0.2) is 50.2 Å². The number of esters is 1. The molecule has 0 aliphatic rings. The summed E-state index contributed by atoms with van der Waals surface area (Å²) >= 11 is 2.50. The second kappa shape index (κ2) is 12.1. The van der Waals surface area contributed by atoms with Gasteiger partial charge in [0.1, 0.15) is 5.82 Å². The number of hydrogen-bond acceptors (Lipinski definition) is 11. The van der Waals surface area contributed by atoms with E-state index >= 15 is 0 Å². The van der Waals surface area contributed by atoms with Crippen molar-refractivity contribution in [3.05, 3.63) is 52.1 Å². The molecule has 174 valence electrons. The Morgan fingerprint density at radius 3 is 2.73 bits per heavy atom. The quantitative estimate of drug-likeness (QED) is 0.156. The van der Waals surface area contributed by atoms with Crippen LogP contribution in [0.25, 0.3) is 0 Å². The zero-order chi connectivity index (χ0) is 23.6. The summed E-state index contributed by atoms with van der Waals surface area (Å²) in [7, 11) is 0. The van der Waals surface area contributed by atoms with E-state index in [0.29, 0.717) is 46.3 Å². The first-order valence-electron chi connectivity index (χ1n) is 9.95. The first-order valence-corrected chi connectivity index (χ1v) is 11.9. The Kier molecular flexibility index (Phi) is 8.89. The van der Waals surface area contributed by atoms with Crippen LogP contribution >= 0.6 is 23.5 Å². The molecule has 0 atom stereocenters. The lowest BCUT2D eigenvalue weighted by Crippen LogP contribution is -2.14. The fourth-order valence-electron chi connectivity index (χ4n) is 2.54. The molecule has 1 aromatic carbocycles. The largest absolute Gasteiger partial charge is 0.462 e. The highest BCUT2D eigenvalue weighted by atomic mass is 32.2. The van der Waals surface area contributed by atoms with E-state index < -0.39 is 5.97 Å². The van der Waals surface area contributed by atoms with E-state index in [9.17, 15) is 14.4 Å². The van der Waals surface area contributed by atoms with Crippen molar-refractivity contribution in [1.82, 2.24) is 20.2 Å². The Labute approximate surface area is 197 Å². The number of aromatic amines is 1. The Morgan fingerprint density at radius 1 is 1.21 bits per heavy atom. The van der Waals surface area contributed by atoms with Gasteiger partial charge < -0.3 is 25.2 Å². The molecule has 2 heterocycles. The molecule has 3 aromatic rings. The summed E-state index contributed by atoms with van der Waals surface area (Å²) in [5, 5.41) is 11.4. The Hall–Kier alpha value is -3.32. The van der Waals surface area contributed by atoms with Crippen molar-refractivity contribution in [2.45, 2.75) is 30.1 Å². The van der Waals surface area contributed by atoms with Crippen LogP contribution in [0.4, 0.5) is 11.5 Å². The Bertz CT molecular complexity index is 1150. The molecule has 4 N–H and O–H groups in total. The van der Waals surface area contributed by atoms with Crippen LogP contribution < -0.4 is 16.6 Å².